The molecule has 1 aromatic heterocycles. The number of amides is 1. The molecule has 7 heteroatoms. The van der Waals surface area contributed by atoms with E-state index < -0.39 is 11.8 Å². The molecule has 0 bridgehead atoms. The number of rotatable bonds is 4. The molecule has 1 aliphatic carbocycles. The van der Waals surface area contributed by atoms with Crippen molar-refractivity contribution in [2.45, 2.75) is 45.1 Å². The molecule has 1 saturated carbocycles. The minimum atomic E-state index is -0.509. The average molecular weight is 402 g/mol. The lowest BCUT2D eigenvalue weighted by Crippen LogP contribution is -2.29. The number of nitrogens with one attached hydrogen (secondary N) is 1. The van der Waals surface area contributed by atoms with Crippen molar-refractivity contribution >= 4 is 11.6 Å². The lowest BCUT2D eigenvalue weighted by molar-refractivity contribution is -0.114. The lowest BCUT2D eigenvalue weighted by Gasteiger charge is -2.32. The van der Waals surface area contributed by atoms with Gasteiger partial charge in [0, 0.05) is 35.0 Å². The Hall–Kier alpha value is -3.53. The summed E-state index contributed by atoms with van der Waals surface area (Å²) in [7, 11) is 0. The number of nitriles is 1. The van der Waals surface area contributed by atoms with Crippen molar-refractivity contribution in [2.24, 2.45) is 5.73 Å². The summed E-state index contributed by atoms with van der Waals surface area (Å²) >= 11 is 0. The Bertz CT molecular complexity index is 1160. The van der Waals surface area contributed by atoms with Gasteiger partial charge in [-0.05, 0) is 38.3 Å². The molecule has 30 heavy (non-hydrogen) atoms. The Morgan fingerprint density at radius 1 is 1.37 bits per heavy atom. The number of aryl methyl sites for hydroxylation is 1. The van der Waals surface area contributed by atoms with E-state index in [1.807, 2.05) is 19.9 Å². The molecule has 1 atom stereocenters. The Labute approximate surface area is 174 Å². The summed E-state index contributed by atoms with van der Waals surface area (Å²) in [5, 5.41) is 12.8. The summed E-state index contributed by atoms with van der Waals surface area (Å²) in [5.74, 6) is 0.181. The summed E-state index contributed by atoms with van der Waals surface area (Å²) in [4.78, 5) is 17.1. The van der Waals surface area contributed by atoms with Crippen LogP contribution in [-0.2, 0) is 11.2 Å². The Morgan fingerprint density at radius 2 is 2.17 bits per heavy atom. The maximum absolute atomic E-state index is 12.6. The Kier molecular flexibility index (Phi) is 4.17. The van der Waals surface area contributed by atoms with Crippen LogP contribution >= 0.6 is 0 Å². The van der Waals surface area contributed by atoms with E-state index in [1.54, 1.807) is 12.3 Å². The number of hydrogen-bond acceptors (Lipinski definition) is 6. The molecule has 2 aliphatic heterocycles. The monoisotopic (exact) mass is 402 g/mol. The van der Waals surface area contributed by atoms with E-state index in [0.717, 1.165) is 40.8 Å². The van der Waals surface area contributed by atoms with E-state index in [1.165, 1.54) is 0 Å². The second-order valence-corrected chi connectivity index (χ2v) is 8.03. The standard InChI is InChI=1S/C23H22N4O3/c1-11-10-26-23(30-14-4-5-14)19-18(17(22(25)28)12(2)27-20(11)19)16-6-3-13(9-24)15-7-8-29-21(15)16/h3,6,10,14,18,27H,4-5,7-8H2,1-2H3,(H2,25,28)/t18-/m1/s1. The number of benzene rings is 1. The molecule has 0 saturated heterocycles. The van der Waals surface area contributed by atoms with Gasteiger partial charge in [0.15, 0.2) is 0 Å². The van der Waals surface area contributed by atoms with Crippen molar-refractivity contribution in [3.63, 3.8) is 0 Å². The minimum Gasteiger partial charge on any atom is -0.493 e. The number of hydrogen-bond donors (Lipinski definition) is 2. The van der Waals surface area contributed by atoms with Gasteiger partial charge < -0.3 is 20.5 Å². The van der Waals surface area contributed by atoms with E-state index in [9.17, 15) is 10.1 Å². The van der Waals surface area contributed by atoms with Crippen molar-refractivity contribution in [2.75, 3.05) is 11.9 Å². The third-order valence-electron chi connectivity index (χ3n) is 5.95. The minimum absolute atomic E-state index is 0.150. The van der Waals surface area contributed by atoms with Crippen LogP contribution in [0.15, 0.2) is 29.6 Å². The van der Waals surface area contributed by atoms with Crippen LogP contribution in [0.25, 0.3) is 0 Å². The number of anilines is 1. The molecule has 0 unspecified atom stereocenters. The fraction of sp³-hybridized carbons (Fsp3) is 0.348. The number of carbonyl (C=O) groups is 1. The summed E-state index contributed by atoms with van der Waals surface area (Å²) in [6.07, 6.45) is 4.58. The van der Waals surface area contributed by atoms with Gasteiger partial charge in [-0.2, -0.15) is 5.26 Å². The van der Waals surface area contributed by atoms with Crippen LogP contribution in [0.1, 0.15) is 53.5 Å². The van der Waals surface area contributed by atoms with Gasteiger partial charge in [0.05, 0.1) is 35.4 Å². The normalized spacial score (nSPS) is 19.3. The third kappa shape index (κ3) is 2.79. The highest BCUT2D eigenvalue weighted by atomic mass is 16.5. The molecule has 3 aliphatic rings. The van der Waals surface area contributed by atoms with Gasteiger partial charge in [-0.1, -0.05) is 6.07 Å². The number of pyridine rings is 1. The molecular formula is C23H22N4O3. The molecule has 3 N–H and O–H groups in total. The molecular weight excluding hydrogens is 380 g/mol. The second-order valence-electron chi connectivity index (χ2n) is 8.03. The van der Waals surface area contributed by atoms with Crippen LogP contribution in [0.5, 0.6) is 11.6 Å². The molecule has 1 fully saturated rings. The summed E-state index contributed by atoms with van der Waals surface area (Å²) < 4.78 is 12.1. The lowest BCUT2D eigenvalue weighted by atomic mass is 9.79. The number of ether oxygens (including phenoxy) is 2. The topological polar surface area (TPSA) is 110 Å². The molecule has 152 valence electrons. The second kappa shape index (κ2) is 6.77. The van der Waals surface area contributed by atoms with Gasteiger partial charge in [-0.3, -0.25) is 4.79 Å². The van der Waals surface area contributed by atoms with Crippen LogP contribution in [0.2, 0.25) is 0 Å². The van der Waals surface area contributed by atoms with Crippen molar-refractivity contribution in [3.8, 4) is 17.7 Å². The molecule has 1 aromatic carbocycles. The summed E-state index contributed by atoms with van der Waals surface area (Å²) in [6.45, 7) is 4.33. The van der Waals surface area contributed by atoms with Crippen molar-refractivity contribution in [3.05, 3.63) is 57.4 Å². The van der Waals surface area contributed by atoms with Gasteiger partial charge in [0.2, 0.25) is 11.8 Å². The SMILES string of the molecule is CC1=C(C(N)=O)[C@@H](c2ccc(C#N)c3c2OCC3)c2c(OC3CC3)ncc(C)c2N1. The van der Waals surface area contributed by atoms with Gasteiger partial charge in [0.1, 0.15) is 11.9 Å². The van der Waals surface area contributed by atoms with Crippen molar-refractivity contribution in [1.82, 2.24) is 4.98 Å². The van der Waals surface area contributed by atoms with E-state index in [4.69, 9.17) is 15.2 Å². The van der Waals surface area contributed by atoms with Crippen molar-refractivity contribution in [1.29, 1.82) is 5.26 Å². The van der Waals surface area contributed by atoms with Crippen LogP contribution in [0.4, 0.5) is 5.69 Å². The zero-order valence-corrected chi connectivity index (χ0v) is 16.9. The van der Waals surface area contributed by atoms with Crippen LogP contribution in [0, 0.1) is 18.3 Å². The first-order valence-corrected chi connectivity index (χ1v) is 10.1. The first-order valence-electron chi connectivity index (χ1n) is 10.1. The molecule has 0 radical (unpaired) electrons. The fourth-order valence-electron chi connectivity index (χ4n) is 4.39. The number of primary amides is 1. The first kappa shape index (κ1) is 18.5. The van der Waals surface area contributed by atoms with Crippen molar-refractivity contribution < 1.29 is 14.3 Å². The molecule has 3 heterocycles. The number of fused-ring (bicyclic) bond motifs is 2. The van der Waals surface area contributed by atoms with Crippen LogP contribution in [0.3, 0.4) is 0 Å². The van der Waals surface area contributed by atoms with E-state index in [-0.39, 0.29) is 6.10 Å². The molecule has 2 aromatic rings. The zero-order chi connectivity index (χ0) is 21.0. The average Bonchev–Trinajstić information content (AvgIpc) is 3.40. The number of aromatic nitrogens is 1. The number of nitrogens with zero attached hydrogens (tertiary/aromatic N) is 2. The van der Waals surface area contributed by atoms with Gasteiger partial charge in [-0.25, -0.2) is 4.98 Å². The summed E-state index contributed by atoms with van der Waals surface area (Å²) in [6, 6.07) is 5.90. The summed E-state index contributed by atoms with van der Waals surface area (Å²) in [5.41, 5.74) is 11.9. The van der Waals surface area contributed by atoms with Crippen LogP contribution in [-0.4, -0.2) is 23.6 Å². The molecule has 1 amide bonds. The zero-order valence-electron chi connectivity index (χ0n) is 16.9. The predicted octanol–water partition coefficient (Wildman–Crippen LogP) is 3.05. The van der Waals surface area contributed by atoms with E-state index in [2.05, 4.69) is 16.4 Å². The van der Waals surface area contributed by atoms with Gasteiger partial charge in [0.25, 0.3) is 0 Å². The quantitative estimate of drug-likeness (QED) is 0.813. The maximum Gasteiger partial charge on any atom is 0.247 e. The number of allylic oxidation sites excluding steroid dienone is 1. The predicted molar refractivity (Wildman–Crippen MR) is 110 cm³/mol. The third-order valence-corrected chi connectivity index (χ3v) is 5.95. The Morgan fingerprint density at radius 3 is 2.87 bits per heavy atom. The molecule has 0 spiro atoms. The van der Waals surface area contributed by atoms with Gasteiger partial charge in [-0.15, -0.1) is 0 Å². The molecule has 5 rings (SSSR count). The highest BCUT2D eigenvalue weighted by Gasteiger charge is 2.39. The number of nitrogens with two attached hydrogens (primary N) is 1. The molecule has 7 nitrogen and oxygen atoms in total. The van der Waals surface area contributed by atoms with Gasteiger partial charge >= 0.3 is 0 Å². The highest BCUT2D eigenvalue weighted by molar-refractivity contribution is 5.98. The first-order chi connectivity index (χ1) is 14.5. The maximum atomic E-state index is 12.6. The smallest absolute Gasteiger partial charge is 0.247 e. The van der Waals surface area contributed by atoms with E-state index >= 15 is 0 Å². The van der Waals surface area contributed by atoms with E-state index in [0.29, 0.717) is 41.5 Å². The number of carbonyl (C=O) groups excluding carboxylic acids is 1. The highest BCUT2D eigenvalue weighted by Crippen LogP contribution is 2.51. The fourth-order valence-corrected chi connectivity index (χ4v) is 4.39. The van der Waals surface area contributed by atoms with Crippen LogP contribution < -0.4 is 20.5 Å². The Balaban J connectivity index is 1.79. The largest absolute Gasteiger partial charge is 0.493 e.